The monoisotopic (exact) mass is 340 g/mol. The van der Waals surface area contributed by atoms with E-state index in [9.17, 15) is 14.3 Å². The fourth-order valence-corrected chi connectivity index (χ4v) is 2.93. The number of aryl methyl sites for hydroxylation is 1. The number of nitrogens with one attached hydrogen (secondary N) is 2. The van der Waals surface area contributed by atoms with E-state index in [0.29, 0.717) is 5.56 Å². The number of fused-ring (bicyclic) bond motifs is 1. The first-order chi connectivity index (χ1) is 11.9. The molecule has 1 aromatic heterocycles. The summed E-state index contributed by atoms with van der Waals surface area (Å²) in [4.78, 5) is 15.5. The van der Waals surface area contributed by atoms with Gasteiger partial charge in [0.05, 0.1) is 13.0 Å². The molecule has 0 radical (unpaired) electrons. The van der Waals surface area contributed by atoms with Crippen LogP contribution in [0.1, 0.15) is 23.6 Å². The Balaban J connectivity index is 1.66. The van der Waals surface area contributed by atoms with Gasteiger partial charge in [0, 0.05) is 17.1 Å². The molecular formula is C20H21FN2O2. The van der Waals surface area contributed by atoms with Crippen LogP contribution in [0.3, 0.4) is 0 Å². The number of H-pyrrole nitrogens is 1. The van der Waals surface area contributed by atoms with Gasteiger partial charge >= 0.3 is 0 Å². The number of hydrogen-bond donors (Lipinski definition) is 3. The molecule has 1 amide bonds. The highest BCUT2D eigenvalue weighted by molar-refractivity contribution is 5.90. The Morgan fingerprint density at radius 3 is 2.68 bits per heavy atom. The number of amides is 1. The number of rotatable bonds is 5. The lowest BCUT2D eigenvalue weighted by Gasteiger charge is -2.24. The molecule has 1 heterocycles. The molecule has 1 atom stereocenters. The van der Waals surface area contributed by atoms with Gasteiger partial charge in [0.15, 0.2) is 0 Å². The minimum absolute atomic E-state index is 0.0544. The van der Waals surface area contributed by atoms with Crippen LogP contribution in [0.4, 0.5) is 4.39 Å². The standard InChI is InChI=1S/C20H21FN2O2/c1-13-4-3-5-17-14(11-22-19(13)17)10-18(24)23-12-20(2,25)15-6-8-16(21)9-7-15/h3-9,11,22,25H,10,12H2,1-2H3,(H,23,24). The minimum Gasteiger partial charge on any atom is -0.384 e. The fourth-order valence-electron chi connectivity index (χ4n) is 2.93. The summed E-state index contributed by atoms with van der Waals surface area (Å²) in [6.07, 6.45) is 2.07. The van der Waals surface area contributed by atoms with Crippen molar-refractivity contribution in [1.82, 2.24) is 10.3 Å². The molecule has 0 aliphatic rings. The molecule has 3 rings (SSSR count). The molecule has 0 bridgehead atoms. The van der Waals surface area contributed by atoms with Gasteiger partial charge in [0.2, 0.25) is 5.91 Å². The molecule has 2 aromatic carbocycles. The zero-order valence-electron chi connectivity index (χ0n) is 14.3. The molecule has 25 heavy (non-hydrogen) atoms. The maximum atomic E-state index is 13.0. The SMILES string of the molecule is Cc1cccc2c(CC(=O)NCC(C)(O)c3ccc(F)cc3)c[nH]c12. The zero-order valence-corrected chi connectivity index (χ0v) is 14.3. The van der Waals surface area contributed by atoms with E-state index in [1.165, 1.54) is 24.3 Å². The third kappa shape index (κ3) is 3.72. The molecule has 0 aliphatic carbocycles. The number of aromatic amines is 1. The average Bonchev–Trinajstić information content (AvgIpc) is 2.98. The summed E-state index contributed by atoms with van der Waals surface area (Å²) < 4.78 is 13.0. The second-order valence-electron chi connectivity index (χ2n) is 6.55. The van der Waals surface area contributed by atoms with Crippen molar-refractivity contribution < 1.29 is 14.3 Å². The summed E-state index contributed by atoms with van der Waals surface area (Å²) in [5.74, 6) is -0.539. The van der Waals surface area contributed by atoms with Crippen LogP contribution in [0, 0.1) is 12.7 Å². The number of halogens is 1. The summed E-state index contributed by atoms with van der Waals surface area (Å²) in [5, 5.41) is 14.3. The molecule has 0 fully saturated rings. The Kier molecular flexibility index (Phi) is 4.59. The van der Waals surface area contributed by atoms with Crippen molar-refractivity contribution in [3.63, 3.8) is 0 Å². The zero-order chi connectivity index (χ0) is 18.0. The molecule has 1 unspecified atom stereocenters. The highest BCUT2D eigenvalue weighted by Crippen LogP contribution is 2.22. The van der Waals surface area contributed by atoms with Gasteiger partial charge in [-0.05, 0) is 42.7 Å². The summed E-state index contributed by atoms with van der Waals surface area (Å²) in [5.41, 5.74) is 2.36. The molecule has 130 valence electrons. The van der Waals surface area contributed by atoms with Crippen molar-refractivity contribution in [3.05, 3.63) is 71.2 Å². The van der Waals surface area contributed by atoms with E-state index < -0.39 is 5.60 Å². The minimum atomic E-state index is -1.26. The van der Waals surface area contributed by atoms with Gasteiger partial charge in [-0.1, -0.05) is 30.3 Å². The predicted octanol–water partition coefficient (Wildman–Crippen LogP) is 3.18. The van der Waals surface area contributed by atoms with Crippen molar-refractivity contribution >= 4 is 16.8 Å². The van der Waals surface area contributed by atoms with Crippen LogP contribution in [0.2, 0.25) is 0 Å². The van der Waals surface area contributed by atoms with Crippen LogP contribution in [-0.2, 0) is 16.8 Å². The first-order valence-corrected chi connectivity index (χ1v) is 8.17. The van der Waals surface area contributed by atoms with Gasteiger partial charge in [0.25, 0.3) is 0 Å². The van der Waals surface area contributed by atoms with Crippen LogP contribution in [0.15, 0.2) is 48.7 Å². The largest absolute Gasteiger partial charge is 0.384 e. The normalized spacial score (nSPS) is 13.6. The van der Waals surface area contributed by atoms with E-state index in [1.807, 2.05) is 31.3 Å². The van der Waals surface area contributed by atoms with E-state index in [2.05, 4.69) is 10.3 Å². The number of aliphatic hydroxyl groups is 1. The van der Waals surface area contributed by atoms with E-state index in [4.69, 9.17) is 0 Å². The molecule has 3 aromatic rings. The Morgan fingerprint density at radius 2 is 1.96 bits per heavy atom. The van der Waals surface area contributed by atoms with E-state index in [-0.39, 0.29) is 24.7 Å². The Morgan fingerprint density at radius 1 is 1.24 bits per heavy atom. The Hall–Kier alpha value is -2.66. The van der Waals surface area contributed by atoms with Gasteiger partial charge in [-0.15, -0.1) is 0 Å². The average molecular weight is 340 g/mol. The van der Waals surface area contributed by atoms with Crippen molar-refractivity contribution in [2.75, 3.05) is 6.54 Å². The topological polar surface area (TPSA) is 65.1 Å². The Bertz CT molecular complexity index is 898. The molecule has 5 heteroatoms. The van der Waals surface area contributed by atoms with Gasteiger partial charge in [0.1, 0.15) is 11.4 Å². The van der Waals surface area contributed by atoms with E-state index in [0.717, 1.165) is 22.0 Å². The van der Waals surface area contributed by atoms with Gasteiger partial charge < -0.3 is 15.4 Å². The molecule has 0 saturated heterocycles. The number of carbonyl (C=O) groups is 1. The van der Waals surface area contributed by atoms with Crippen molar-refractivity contribution in [1.29, 1.82) is 0 Å². The molecule has 0 spiro atoms. The predicted molar refractivity (Wildman–Crippen MR) is 95.7 cm³/mol. The lowest BCUT2D eigenvalue weighted by Crippen LogP contribution is -2.39. The van der Waals surface area contributed by atoms with Crippen molar-refractivity contribution in [2.24, 2.45) is 0 Å². The number of aromatic nitrogens is 1. The van der Waals surface area contributed by atoms with Crippen molar-refractivity contribution in [3.8, 4) is 0 Å². The maximum absolute atomic E-state index is 13.0. The molecule has 0 saturated carbocycles. The maximum Gasteiger partial charge on any atom is 0.224 e. The summed E-state index contributed by atoms with van der Waals surface area (Å²) in [7, 11) is 0. The van der Waals surface area contributed by atoms with Crippen LogP contribution in [0.5, 0.6) is 0 Å². The number of benzene rings is 2. The highest BCUT2D eigenvalue weighted by Gasteiger charge is 2.24. The first kappa shape index (κ1) is 17.2. The van der Waals surface area contributed by atoms with Gasteiger partial charge in [-0.25, -0.2) is 4.39 Å². The molecule has 0 aliphatic heterocycles. The smallest absolute Gasteiger partial charge is 0.224 e. The highest BCUT2D eigenvalue weighted by atomic mass is 19.1. The van der Waals surface area contributed by atoms with Gasteiger partial charge in [-0.2, -0.15) is 0 Å². The van der Waals surface area contributed by atoms with Crippen LogP contribution >= 0.6 is 0 Å². The lowest BCUT2D eigenvalue weighted by atomic mass is 9.96. The third-order valence-corrected chi connectivity index (χ3v) is 4.46. The number of carbonyl (C=O) groups excluding carboxylic acids is 1. The summed E-state index contributed by atoms with van der Waals surface area (Å²) >= 11 is 0. The quantitative estimate of drug-likeness (QED) is 0.668. The second-order valence-corrected chi connectivity index (χ2v) is 6.55. The first-order valence-electron chi connectivity index (χ1n) is 8.17. The van der Waals surface area contributed by atoms with Gasteiger partial charge in [-0.3, -0.25) is 4.79 Å². The van der Waals surface area contributed by atoms with Crippen LogP contribution in [-0.4, -0.2) is 22.5 Å². The molecule has 3 N–H and O–H groups in total. The number of para-hydroxylation sites is 1. The van der Waals surface area contributed by atoms with E-state index >= 15 is 0 Å². The Labute approximate surface area is 145 Å². The summed E-state index contributed by atoms with van der Waals surface area (Å²) in [6.45, 7) is 3.66. The van der Waals surface area contributed by atoms with Crippen molar-refractivity contribution in [2.45, 2.75) is 25.9 Å². The number of hydrogen-bond acceptors (Lipinski definition) is 2. The fraction of sp³-hybridized carbons (Fsp3) is 0.250. The van der Waals surface area contributed by atoms with Crippen LogP contribution in [0.25, 0.3) is 10.9 Å². The molecule has 4 nitrogen and oxygen atoms in total. The third-order valence-electron chi connectivity index (χ3n) is 4.46. The lowest BCUT2D eigenvalue weighted by molar-refractivity contribution is -0.121. The summed E-state index contributed by atoms with van der Waals surface area (Å²) in [6, 6.07) is 11.6. The van der Waals surface area contributed by atoms with E-state index in [1.54, 1.807) is 6.92 Å². The second kappa shape index (κ2) is 6.69. The molecular weight excluding hydrogens is 319 g/mol. The van der Waals surface area contributed by atoms with Crippen LogP contribution < -0.4 is 5.32 Å².